The molecular formula is C25H37N3O6. The number of carboxylic acid groups (broad SMARTS) is 1. The second kappa shape index (κ2) is 9.32. The Bertz CT molecular complexity index is 916. The summed E-state index contributed by atoms with van der Waals surface area (Å²) in [6.45, 7) is 4.25. The van der Waals surface area contributed by atoms with Gasteiger partial charge in [-0.15, -0.1) is 0 Å². The second-order valence-electron chi connectivity index (χ2n) is 11.1. The molecule has 4 aliphatic rings. The highest BCUT2D eigenvalue weighted by molar-refractivity contribution is 5.96. The third-order valence-corrected chi connectivity index (χ3v) is 9.34. The number of hydrogen-bond acceptors (Lipinski definition) is 6. The highest BCUT2D eigenvalue weighted by Gasteiger charge is 2.58. The predicted molar refractivity (Wildman–Crippen MR) is 124 cm³/mol. The number of nitrogens with two attached hydrogens (primary N) is 1. The molecule has 0 aromatic carbocycles. The zero-order valence-electron chi connectivity index (χ0n) is 20.1. The molecule has 34 heavy (non-hydrogen) atoms. The summed E-state index contributed by atoms with van der Waals surface area (Å²) in [7, 11) is 0. The first-order chi connectivity index (χ1) is 16.0. The van der Waals surface area contributed by atoms with Crippen LogP contribution in [0, 0.1) is 28.6 Å². The van der Waals surface area contributed by atoms with Crippen molar-refractivity contribution in [3.8, 4) is 0 Å². The minimum atomic E-state index is -1.38. The fraction of sp³-hybridized carbons (Fsp3) is 0.760. The van der Waals surface area contributed by atoms with Gasteiger partial charge in [-0.2, -0.15) is 0 Å². The maximum Gasteiger partial charge on any atom is 0.326 e. The molecule has 0 aromatic rings. The monoisotopic (exact) mass is 475 g/mol. The Morgan fingerprint density at radius 3 is 2.65 bits per heavy atom. The van der Waals surface area contributed by atoms with Crippen molar-refractivity contribution in [1.82, 2.24) is 5.32 Å². The van der Waals surface area contributed by atoms with Crippen LogP contribution < -0.4 is 11.1 Å². The first-order valence-corrected chi connectivity index (χ1v) is 12.4. The first kappa shape index (κ1) is 24.7. The summed E-state index contributed by atoms with van der Waals surface area (Å²) in [5.41, 5.74) is 7.43. The van der Waals surface area contributed by atoms with E-state index < -0.39 is 36.9 Å². The Hall–Kier alpha value is -2.42. The maximum atomic E-state index is 12.0. The molecule has 0 aliphatic heterocycles. The molecule has 9 heteroatoms. The van der Waals surface area contributed by atoms with Crippen molar-refractivity contribution in [3.05, 3.63) is 11.6 Å². The van der Waals surface area contributed by atoms with Crippen molar-refractivity contribution < 1.29 is 29.4 Å². The summed E-state index contributed by atoms with van der Waals surface area (Å²) < 4.78 is 0. The zero-order chi connectivity index (χ0) is 24.7. The number of fused-ring (bicyclic) bond motifs is 5. The van der Waals surface area contributed by atoms with E-state index in [1.54, 1.807) is 0 Å². The summed E-state index contributed by atoms with van der Waals surface area (Å²) in [6, 6.07) is -1.38. The Kier molecular flexibility index (Phi) is 6.77. The average Bonchev–Trinajstić information content (AvgIpc) is 3.07. The van der Waals surface area contributed by atoms with Gasteiger partial charge in [0.25, 0.3) is 5.91 Å². The second-order valence-corrected chi connectivity index (χ2v) is 11.1. The number of carboxylic acids is 1. The SMILES string of the molecule is C[C@]12CC[C@@H]3[C@@H](CCC4=C/C(=N/OCC(=O)N[C@@H](CC(N)=O)C(=O)O)CC[C@@]43C)[C@@H]1CC[C@@H]2O. The fourth-order valence-corrected chi connectivity index (χ4v) is 7.43. The fourth-order valence-electron chi connectivity index (χ4n) is 7.43. The van der Waals surface area contributed by atoms with Crippen molar-refractivity contribution in [1.29, 1.82) is 0 Å². The number of amides is 2. The van der Waals surface area contributed by atoms with Crippen molar-refractivity contribution in [2.24, 2.45) is 39.5 Å². The number of aliphatic hydroxyl groups is 1. The number of oxime groups is 1. The van der Waals surface area contributed by atoms with Gasteiger partial charge in [0.05, 0.1) is 18.2 Å². The number of carbonyl (C=O) groups excluding carboxylic acids is 2. The molecule has 188 valence electrons. The maximum absolute atomic E-state index is 12.0. The zero-order valence-corrected chi connectivity index (χ0v) is 20.1. The molecule has 0 unspecified atom stereocenters. The molecule has 4 rings (SSSR count). The lowest BCUT2D eigenvalue weighted by Crippen LogP contribution is -2.51. The minimum Gasteiger partial charge on any atom is -0.480 e. The molecule has 0 spiro atoms. The van der Waals surface area contributed by atoms with Crippen molar-refractivity contribution in [3.63, 3.8) is 0 Å². The van der Waals surface area contributed by atoms with Crippen LogP contribution in [0.2, 0.25) is 0 Å². The summed E-state index contributed by atoms with van der Waals surface area (Å²) in [6.07, 6.45) is 9.71. The van der Waals surface area contributed by atoms with E-state index in [-0.39, 0.29) is 16.9 Å². The van der Waals surface area contributed by atoms with Gasteiger partial charge in [0.1, 0.15) is 6.04 Å². The number of aliphatic hydroxyl groups excluding tert-OH is 1. The molecule has 3 fully saturated rings. The van der Waals surface area contributed by atoms with Crippen LogP contribution in [0.1, 0.15) is 71.6 Å². The van der Waals surface area contributed by atoms with E-state index >= 15 is 0 Å². The molecular weight excluding hydrogens is 438 g/mol. The summed E-state index contributed by atoms with van der Waals surface area (Å²) in [5.74, 6) is -0.911. The first-order valence-electron chi connectivity index (χ1n) is 12.4. The number of aliphatic carboxylic acids is 1. The van der Waals surface area contributed by atoms with Crippen molar-refractivity contribution >= 4 is 23.5 Å². The van der Waals surface area contributed by atoms with Crippen LogP contribution in [-0.4, -0.2) is 52.5 Å². The summed E-state index contributed by atoms with van der Waals surface area (Å²) in [4.78, 5) is 39.3. The third-order valence-electron chi connectivity index (χ3n) is 9.34. The topological polar surface area (TPSA) is 151 Å². The van der Waals surface area contributed by atoms with E-state index in [1.165, 1.54) is 5.57 Å². The lowest BCUT2D eigenvalue weighted by molar-refractivity contribution is -0.144. The summed E-state index contributed by atoms with van der Waals surface area (Å²) >= 11 is 0. The molecule has 2 amide bonds. The van der Waals surface area contributed by atoms with Gasteiger partial charge in [0.2, 0.25) is 5.91 Å². The van der Waals surface area contributed by atoms with Gasteiger partial charge in [0, 0.05) is 0 Å². The molecule has 7 atom stereocenters. The smallest absolute Gasteiger partial charge is 0.326 e. The van der Waals surface area contributed by atoms with Crippen LogP contribution in [0.4, 0.5) is 0 Å². The highest BCUT2D eigenvalue weighted by atomic mass is 16.6. The molecule has 4 aliphatic carbocycles. The van der Waals surface area contributed by atoms with Gasteiger partial charge in [-0.05, 0) is 86.0 Å². The number of carbonyl (C=O) groups is 3. The van der Waals surface area contributed by atoms with E-state index in [0.717, 1.165) is 57.1 Å². The van der Waals surface area contributed by atoms with Crippen molar-refractivity contribution in [2.45, 2.75) is 83.8 Å². The van der Waals surface area contributed by atoms with Gasteiger partial charge in [-0.3, -0.25) is 9.59 Å². The number of rotatable bonds is 7. The van der Waals surface area contributed by atoms with Crippen LogP contribution in [-0.2, 0) is 19.2 Å². The normalized spacial score (nSPS) is 38.7. The molecule has 0 radical (unpaired) electrons. The van der Waals surface area contributed by atoms with Gasteiger partial charge in [0.15, 0.2) is 6.61 Å². The minimum absolute atomic E-state index is 0.0749. The van der Waals surface area contributed by atoms with Crippen LogP contribution in [0.5, 0.6) is 0 Å². The molecule has 0 aromatic heterocycles. The van der Waals surface area contributed by atoms with Crippen LogP contribution >= 0.6 is 0 Å². The van der Waals surface area contributed by atoms with E-state index in [9.17, 15) is 19.5 Å². The summed E-state index contributed by atoms with van der Waals surface area (Å²) in [5, 5.41) is 26.1. The molecule has 9 nitrogen and oxygen atoms in total. The lowest BCUT2D eigenvalue weighted by atomic mass is 9.47. The number of hydrogen-bond donors (Lipinski definition) is 4. The number of nitrogens with one attached hydrogen (secondary N) is 1. The molecule has 0 bridgehead atoms. The molecule has 3 saturated carbocycles. The van der Waals surface area contributed by atoms with Crippen LogP contribution in [0.3, 0.4) is 0 Å². The largest absolute Gasteiger partial charge is 0.480 e. The van der Waals surface area contributed by atoms with E-state index in [1.807, 2.05) is 0 Å². The molecule has 5 N–H and O–H groups in total. The van der Waals surface area contributed by atoms with E-state index in [2.05, 4.69) is 30.4 Å². The van der Waals surface area contributed by atoms with Gasteiger partial charge < -0.3 is 26.1 Å². The van der Waals surface area contributed by atoms with E-state index in [4.69, 9.17) is 15.7 Å². The van der Waals surface area contributed by atoms with Gasteiger partial charge in [-0.1, -0.05) is 24.6 Å². The Balaban J connectivity index is 1.37. The average molecular weight is 476 g/mol. The quantitative estimate of drug-likeness (QED) is 0.414. The van der Waals surface area contributed by atoms with Crippen LogP contribution in [0.15, 0.2) is 16.8 Å². The van der Waals surface area contributed by atoms with Gasteiger partial charge >= 0.3 is 5.97 Å². The number of allylic oxidation sites excluding steroid dienone is 2. The Morgan fingerprint density at radius 2 is 1.94 bits per heavy atom. The third kappa shape index (κ3) is 4.46. The molecule has 0 saturated heterocycles. The van der Waals surface area contributed by atoms with Crippen molar-refractivity contribution in [2.75, 3.05) is 6.61 Å². The Labute approximate surface area is 200 Å². The predicted octanol–water partition coefficient (Wildman–Crippen LogP) is 2.13. The molecule has 0 heterocycles. The highest BCUT2D eigenvalue weighted by Crippen LogP contribution is 2.65. The standard InChI is InChI=1S/C25H37N3O6/c1-24-9-7-15(28-34-13-22(31)27-19(23(32)33)12-21(26)30)11-14(24)3-4-16-17-5-6-20(29)25(17,2)10-8-18(16)24/h11,16-20,29H,3-10,12-13H2,1-2H3,(H2,26,30)(H,27,31)(H,32,33)/b28-15+/t16-,17-,18+,19-,20-,24-,25-/m0/s1. The lowest BCUT2D eigenvalue weighted by Gasteiger charge is -2.57. The van der Waals surface area contributed by atoms with Crippen LogP contribution in [0.25, 0.3) is 0 Å². The Morgan fingerprint density at radius 1 is 1.18 bits per heavy atom. The van der Waals surface area contributed by atoms with Gasteiger partial charge in [-0.25, -0.2) is 4.79 Å². The van der Waals surface area contributed by atoms with E-state index in [0.29, 0.717) is 17.8 Å². The number of primary amides is 1. The number of nitrogens with zero attached hydrogens (tertiary/aromatic N) is 1.